The molecule has 24 heavy (non-hydrogen) atoms. The van der Waals surface area contributed by atoms with E-state index in [0.29, 0.717) is 11.7 Å². The summed E-state index contributed by atoms with van der Waals surface area (Å²) in [6, 6.07) is 2.64. The van der Waals surface area contributed by atoms with Gasteiger partial charge in [-0.15, -0.1) is 0 Å². The van der Waals surface area contributed by atoms with Crippen LogP contribution in [0.5, 0.6) is 0 Å². The van der Waals surface area contributed by atoms with Gasteiger partial charge >= 0.3 is 0 Å². The Balaban J connectivity index is 1.74. The van der Waals surface area contributed by atoms with E-state index in [-0.39, 0.29) is 16.7 Å². The largest absolute Gasteiger partial charge is 0.295 e. The zero-order valence-electron chi connectivity index (χ0n) is 15.5. The topological polar surface area (TPSA) is 40.9 Å². The van der Waals surface area contributed by atoms with Crippen LogP contribution in [0.3, 0.4) is 0 Å². The molecule has 0 aromatic rings. The van der Waals surface area contributed by atoms with Crippen LogP contribution in [0, 0.1) is 51.8 Å². The van der Waals surface area contributed by atoms with Gasteiger partial charge in [0, 0.05) is 6.42 Å². The van der Waals surface area contributed by atoms with Gasteiger partial charge in [-0.25, -0.2) is 0 Å². The Morgan fingerprint density at radius 1 is 1.21 bits per heavy atom. The van der Waals surface area contributed by atoms with Crippen molar-refractivity contribution in [1.82, 2.24) is 0 Å². The van der Waals surface area contributed by atoms with Gasteiger partial charge < -0.3 is 0 Å². The summed E-state index contributed by atoms with van der Waals surface area (Å²) >= 11 is 0. The number of fused-ring (bicyclic) bond motifs is 5. The second kappa shape index (κ2) is 5.45. The maximum absolute atomic E-state index is 12.1. The fourth-order valence-electron chi connectivity index (χ4n) is 7.38. The molecule has 0 amide bonds. The lowest BCUT2D eigenvalue weighted by atomic mass is 9.45. The first-order valence-electron chi connectivity index (χ1n) is 10.1. The highest BCUT2D eigenvalue weighted by molar-refractivity contribution is 5.91. The molecule has 2 nitrogen and oxygen atoms in total. The van der Waals surface area contributed by atoms with Gasteiger partial charge in [0.15, 0.2) is 5.78 Å². The average molecular weight is 325 g/mol. The second-order valence-corrected chi connectivity index (χ2v) is 9.50. The molecular formula is C22H31NO. The van der Waals surface area contributed by atoms with E-state index in [1.807, 2.05) is 6.08 Å². The third-order valence-corrected chi connectivity index (χ3v) is 8.77. The lowest BCUT2D eigenvalue weighted by molar-refractivity contribution is -0.118. The van der Waals surface area contributed by atoms with Crippen LogP contribution in [0.1, 0.15) is 72.1 Å². The number of carbonyl (C=O) groups is 1. The summed E-state index contributed by atoms with van der Waals surface area (Å²) in [6.45, 7) is 7.16. The smallest absolute Gasteiger partial charge is 0.155 e. The summed E-state index contributed by atoms with van der Waals surface area (Å²) in [7, 11) is 0. The van der Waals surface area contributed by atoms with Gasteiger partial charge in [0.2, 0.25) is 0 Å². The normalized spacial score (nSPS) is 50.3. The third kappa shape index (κ3) is 2.03. The van der Waals surface area contributed by atoms with E-state index < -0.39 is 0 Å². The fraction of sp³-hybridized carbons (Fsp3) is 0.818. The van der Waals surface area contributed by atoms with Gasteiger partial charge in [-0.3, -0.25) is 4.79 Å². The highest BCUT2D eigenvalue weighted by Gasteiger charge is 2.60. The molecule has 0 bridgehead atoms. The van der Waals surface area contributed by atoms with Gasteiger partial charge in [0.25, 0.3) is 0 Å². The van der Waals surface area contributed by atoms with Crippen molar-refractivity contribution in [2.45, 2.75) is 72.1 Å². The minimum atomic E-state index is 0.240. The molecule has 0 aromatic carbocycles. The number of nitrogens with zero attached hydrogens (tertiary/aromatic N) is 1. The number of ketones is 1. The number of rotatable bonds is 1. The molecule has 0 aromatic heterocycles. The Morgan fingerprint density at radius 3 is 2.71 bits per heavy atom. The first kappa shape index (κ1) is 16.4. The number of allylic oxidation sites excluding steroid dienone is 1. The van der Waals surface area contributed by atoms with Crippen molar-refractivity contribution < 1.29 is 4.79 Å². The quantitative estimate of drug-likeness (QED) is 0.657. The van der Waals surface area contributed by atoms with Crippen molar-refractivity contribution in [3.05, 3.63) is 11.6 Å². The molecule has 2 heteroatoms. The van der Waals surface area contributed by atoms with Crippen molar-refractivity contribution in [1.29, 1.82) is 5.26 Å². The van der Waals surface area contributed by atoms with Gasteiger partial charge in [0.05, 0.1) is 12.0 Å². The molecule has 0 aliphatic heterocycles. The fourth-order valence-corrected chi connectivity index (χ4v) is 7.38. The van der Waals surface area contributed by atoms with Crippen molar-refractivity contribution in [3.63, 3.8) is 0 Å². The van der Waals surface area contributed by atoms with Crippen LogP contribution in [0.15, 0.2) is 11.6 Å². The summed E-state index contributed by atoms with van der Waals surface area (Å²) in [5, 5.41) is 9.64. The number of hydrogen-bond donors (Lipinski definition) is 0. The first-order chi connectivity index (χ1) is 11.4. The lowest BCUT2D eigenvalue weighted by Gasteiger charge is -2.59. The molecule has 0 heterocycles. The third-order valence-electron chi connectivity index (χ3n) is 8.77. The molecule has 7 atom stereocenters. The predicted octanol–water partition coefficient (Wildman–Crippen LogP) is 5.29. The van der Waals surface area contributed by atoms with Crippen LogP contribution >= 0.6 is 0 Å². The van der Waals surface area contributed by atoms with Crippen LogP contribution in [0.2, 0.25) is 0 Å². The number of nitriles is 1. The summed E-state index contributed by atoms with van der Waals surface area (Å²) in [5.74, 6) is 3.43. The molecule has 0 saturated heterocycles. The minimum absolute atomic E-state index is 0.240. The Bertz CT molecular complexity index is 628. The summed E-state index contributed by atoms with van der Waals surface area (Å²) in [6.07, 6.45) is 11.1. The molecule has 0 N–H and O–H groups in total. The van der Waals surface area contributed by atoms with Crippen molar-refractivity contribution in [3.8, 4) is 6.07 Å². The van der Waals surface area contributed by atoms with Crippen LogP contribution < -0.4 is 0 Å². The molecule has 4 aliphatic rings. The zero-order valence-corrected chi connectivity index (χ0v) is 15.5. The second-order valence-electron chi connectivity index (χ2n) is 9.50. The maximum Gasteiger partial charge on any atom is 0.155 e. The minimum Gasteiger partial charge on any atom is -0.295 e. The van der Waals surface area contributed by atoms with Crippen molar-refractivity contribution >= 4 is 5.78 Å². The van der Waals surface area contributed by atoms with E-state index in [1.165, 1.54) is 31.3 Å². The molecule has 0 spiro atoms. The Kier molecular flexibility index (Phi) is 3.72. The molecule has 4 rings (SSSR count). The van der Waals surface area contributed by atoms with Gasteiger partial charge in [-0.1, -0.05) is 26.3 Å². The molecule has 3 fully saturated rings. The summed E-state index contributed by atoms with van der Waals surface area (Å²) in [5.41, 5.74) is 1.97. The van der Waals surface area contributed by atoms with Crippen molar-refractivity contribution in [2.75, 3.05) is 0 Å². The molecule has 0 radical (unpaired) electrons. The van der Waals surface area contributed by atoms with Crippen LogP contribution in [0.25, 0.3) is 0 Å². The Labute approximate surface area is 146 Å². The first-order valence-corrected chi connectivity index (χ1v) is 10.1. The van der Waals surface area contributed by atoms with Gasteiger partial charge in [0.1, 0.15) is 0 Å². The van der Waals surface area contributed by atoms with Gasteiger partial charge in [-0.05, 0) is 85.5 Å². The molecule has 3 saturated carbocycles. The standard InChI is InChI=1S/C22H31NO/c1-4-14-11-17-18-6-5-15(13-23)21(18,2)10-8-19(17)22(3)9-7-16(24)12-20(14)22/h12,14-15,17-19H,4-11H2,1-3H3/t14-,15-,17?,18?,19?,21-,22-/m1/s1. The van der Waals surface area contributed by atoms with E-state index in [2.05, 4.69) is 26.8 Å². The van der Waals surface area contributed by atoms with E-state index in [4.69, 9.17) is 0 Å². The molecule has 130 valence electrons. The van der Waals surface area contributed by atoms with E-state index >= 15 is 0 Å². The van der Waals surface area contributed by atoms with Gasteiger partial charge in [-0.2, -0.15) is 5.26 Å². The zero-order chi connectivity index (χ0) is 17.1. The maximum atomic E-state index is 12.1. The molecule has 3 unspecified atom stereocenters. The van der Waals surface area contributed by atoms with E-state index in [0.717, 1.165) is 43.4 Å². The Morgan fingerprint density at radius 2 is 2.00 bits per heavy atom. The number of carbonyl (C=O) groups excluding carboxylic acids is 1. The lowest BCUT2D eigenvalue weighted by Crippen LogP contribution is -2.52. The predicted molar refractivity (Wildman–Crippen MR) is 95.0 cm³/mol. The van der Waals surface area contributed by atoms with Crippen LogP contribution in [-0.4, -0.2) is 5.78 Å². The summed E-state index contributed by atoms with van der Waals surface area (Å²) in [4.78, 5) is 12.1. The average Bonchev–Trinajstić information content (AvgIpc) is 2.91. The monoisotopic (exact) mass is 325 g/mol. The molecule has 4 aliphatic carbocycles. The van der Waals surface area contributed by atoms with E-state index in [1.54, 1.807) is 0 Å². The summed E-state index contributed by atoms with van der Waals surface area (Å²) < 4.78 is 0. The highest BCUT2D eigenvalue weighted by atomic mass is 16.1. The SMILES string of the molecule is CC[C@@H]1CC2C(CC[C@@]3(C)C2CC[C@@H]3C#N)[C@@]2(C)CCC(=O)C=C12. The van der Waals surface area contributed by atoms with E-state index in [9.17, 15) is 10.1 Å². The van der Waals surface area contributed by atoms with Crippen LogP contribution in [0.4, 0.5) is 0 Å². The number of hydrogen-bond acceptors (Lipinski definition) is 2. The highest BCUT2D eigenvalue weighted by Crippen LogP contribution is 2.67. The molecular weight excluding hydrogens is 294 g/mol. The van der Waals surface area contributed by atoms with Crippen molar-refractivity contribution in [2.24, 2.45) is 40.4 Å². The Hall–Kier alpha value is -1.10. The van der Waals surface area contributed by atoms with Crippen LogP contribution in [-0.2, 0) is 4.79 Å².